The summed E-state index contributed by atoms with van der Waals surface area (Å²) < 4.78 is 19.1. The van der Waals surface area contributed by atoms with Crippen LogP contribution in [0.4, 0.5) is 10.1 Å². The molecule has 1 aliphatic heterocycles. The summed E-state index contributed by atoms with van der Waals surface area (Å²) in [5, 5.41) is 4.40. The van der Waals surface area contributed by atoms with Gasteiger partial charge in [0, 0.05) is 30.0 Å². The third-order valence-corrected chi connectivity index (χ3v) is 3.52. The lowest BCUT2D eigenvalue weighted by Crippen LogP contribution is -2.15. The van der Waals surface area contributed by atoms with E-state index in [0.29, 0.717) is 13.2 Å². The van der Waals surface area contributed by atoms with Gasteiger partial charge in [-0.3, -0.25) is 4.98 Å². The number of fused-ring (bicyclic) bond motifs is 2. The first-order valence-corrected chi connectivity index (χ1v) is 6.64. The number of aryl methyl sites for hydroxylation is 1. The van der Waals surface area contributed by atoms with E-state index in [2.05, 4.69) is 17.2 Å². The van der Waals surface area contributed by atoms with Crippen LogP contribution < -0.4 is 5.32 Å². The Morgan fingerprint density at radius 1 is 1.42 bits per heavy atom. The third kappa shape index (κ3) is 2.06. The van der Waals surface area contributed by atoms with Crippen molar-refractivity contribution in [3.05, 3.63) is 34.8 Å². The Morgan fingerprint density at radius 2 is 2.26 bits per heavy atom. The summed E-state index contributed by atoms with van der Waals surface area (Å²) in [6.07, 6.45) is 0.791. The van der Waals surface area contributed by atoms with Gasteiger partial charge in [-0.1, -0.05) is 0 Å². The maximum Gasteiger partial charge on any atom is 0.125 e. The van der Waals surface area contributed by atoms with Crippen LogP contribution in [0.2, 0.25) is 0 Å². The number of aromatic nitrogens is 1. The minimum Gasteiger partial charge on any atom is -0.384 e. The number of ether oxygens (including phenoxy) is 1. The van der Waals surface area contributed by atoms with Crippen molar-refractivity contribution in [1.29, 1.82) is 0 Å². The normalized spacial score (nSPS) is 14.5. The van der Waals surface area contributed by atoms with Crippen molar-refractivity contribution in [3.63, 3.8) is 0 Å². The Labute approximate surface area is 111 Å². The smallest absolute Gasteiger partial charge is 0.125 e. The summed E-state index contributed by atoms with van der Waals surface area (Å²) in [4.78, 5) is 4.62. The standard InChI is InChI=1S/C15H17FN2O/c1-3-17-15-11-8-19-5-4-12(11)18-13-7-10(16)6-9(2)14(13)15/h6-7H,3-5,8H2,1-2H3,(H,17,18). The highest BCUT2D eigenvalue weighted by atomic mass is 19.1. The van der Waals surface area contributed by atoms with Crippen LogP contribution in [0.3, 0.4) is 0 Å². The van der Waals surface area contributed by atoms with Crippen molar-refractivity contribution < 1.29 is 9.13 Å². The molecule has 1 aromatic carbocycles. The highest BCUT2D eigenvalue weighted by Gasteiger charge is 2.19. The predicted octanol–water partition coefficient (Wildman–Crippen LogP) is 3.19. The van der Waals surface area contributed by atoms with E-state index in [1.54, 1.807) is 6.07 Å². The molecule has 2 aromatic rings. The predicted molar refractivity (Wildman–Crippen MR) is 74.0 cm³/mol. The number of hydrogen-bond donors (Lipinski definition) is 1. The van der Waals surface area contributed by atoms with Crippen LogP contribution in [0.15, 0.2) is 12.1 Å². The van der Waals surface area contributed by atoms with Gasteiger partial charge in [-0.25, -0.2) is 4.39 Å². The number of pyridine rings is 1. The molecule has 0 radical (unpaired) electrons. The number of nitrogens with one attached hydrogen (secondary N) is 1. The van der Waals surface area contributed by atoms with Crippen molar-refractivity contribution in [3.8, 4) is 0 Å². The van der Waals surface area contributed by atoms with Crippen LogP contribution >= 0.6 is 0 Å². The molecule has 0 amide bonds. The largest absolute Gasteiger partial charge is 0.384 e. The fraction of sp³-hybridized carbons (Fsp3) is 0.400. The average Bonchev–Trinajstić information content (AvgIpc) is 2.38. The second-order valence-corrected chi connectivity index (χ2v) is 4.86. The van der Waals surface area contributed by atoms with Gasteiger partial charge in [-0.2, -0.15) is 0 Å². The summed E-state index contributed by atoms with van der Waals surface area (Å²) >= 11 is 0. The second kappa shape index (κ2) is 4.78. The van der Waals surface area contributed by atoms with Crippen LogP contribution in [-0.2, 0) is 17.8 Å². The number of halogens is 1. The number of benzene rings is 1. The SMILES string of the molecule is CCNc1c2c(nc3cc(F)cc(C)c13)CCOC2. The van der Waals surface area contributed by atoms with Crippen molar-refractivity contribution >= 4 is 16.6 Å². The van der Waals surface area contributed by atoms with Crippen LogP contribution in [0.25, 0.3) is 10.9 Å². The Morgan fingerprint density at radius 3 is 3.05 bits per heavy atom. The van der Waals surface area contributed by atoms with E-state index in [4.69, 9.17) is 4.74 Å². The number of hydrogen-bond acceptors (Lipinski definition) is 3. The maximum absolute atomic E-state index is 13.6. The minimum atomic E-state index is -0.230. The van der Waals surface area contributed by atoms with E-state index in [1.165, 1.54) is 6.07 Å². The maximum atomic E-state index is 13.6. The Hall–Kier alpha value is -1.68. The van der Waals surface area contributed by atoms with Gasteiger partial charge >= 0.3 is 0 Å². The first-order valence-electron chi connectivity index (χ1n) is 6.64. The third-order valence-electron chi connectivity index (χ3n) is 3.52. The van der Waals surface area contributed by atoms with E-state index in [0.717, 1.165) is 46.4 Å². The minimum absolute atomic E-state index is 0.230. The number of anilines is 1. The molecule has 0 aliphatic carbocycles. The number of rotatable bonds is 2. The van der Waals surface area contributed by atoms with Crippen LogP contribution in [0.5, 0.6) is 0 Å². The van der Waals surface area contributed by atoms with Gasteiger partial charge in [-0.05, 0) is 25.5 Å². The lowest BCUT2D eigenvalue weighted by molar-refractivity contribution is 0.110. The average molecular weight is 260 g/mol. The zero-order valence-corrected chi connectivity index (χ0v) is 11.2. The van der Waals surface area contributed by atoms with Crippen molar-refractivity contribution in [2.45, 2.75) is 26.9 Å². The van der Waals surface area contributed by atoms with E-state index in [-0.39, 0.29) is 5.82 Å². The van der Waals surface area contributed by atoms with Crippen molar-refractivity contribution in [2.24, 2.45) is 0 Å². The highest BCUT2D eigenvalue weighted by Crippen LogP contribution is 2.33. The molecule has 0 fully saturated rings. The highest BCUT2D eigenvalue weighted by molar-refractivity contribution is 5.96. The first kappa shape index (κ1) is 12.4. The molecule has 1 aliphatic rings. The van der Waals surface area contributed by atoms with Gasteiger partial charge in [-0.15, -0.1) is 0 Å². The Balaban J connectivity index is 2.35. The molecule has 3 rings (SSSR count). The lowest BCUT2D eigenvalue weighted by Gasteiger charge is -2.22. The molecule has 19 heavy (non-hydrogen) atoms. The van der Waals surface area contributed by atoms with E-state index in [1.807, 2.05) is 6.92 Å². The summed E-state index contributed by atoms with van der Waals surface area (Å²) in [7, 11) is 0. The van der Waals surface area contributed by atoms with Gasteiger partial charge < -0.3 is 10.1 Å². The Bertz CT molecular complexity index is 640. The first-order chi connectivity index (χ1) is 9.20. The fourth-order valence-electron chi connectivity index (χ4n) is 2.72. The molecule has 1 aromatic heterocycles. The van der Waals surface area contributed by atoms with Gasteiger partial charge in [0.1, 0.15) is 5.82 Å². The van der Waals surface area contributed by atoms with Gasteiger partial charge in [0.05, 0.1) is 30.1 Å². The summed E-state index contributed by atoms with van der Waals surface area (Å²) in [6, 6.07) is 3.07. The Kier molecular flexibility index (Phi) is 3.11. The van der Waals surface area contributed by atoms with Crippen molar-refractivity contribution in [1.82, 2.24) is 4.98 Å². The van der Waals surface area contributed by atoms with Crippen LogP contribution in [0, 0.1) is 12.7 Å². The van der Waals surface area contributed by atoms with Crippen LogP contribution in [-0.4, -0.2) is 18.1 Å². The molecular weight excluding hydrogens is 243 g/mol. The van der Waals surface area contributed by atoms with Gasteiger partial charge in [0.2, 0.25) is 0 Å². The molecule has 4 heteroatoms. The molecule has 1 N–H and O–H groups in total. The quantitative estimate of drug-likeness (QED) is 0.900. The molecule has 0 saturated carbocycles. The van der Waals surface area contributed by atoms with Crippen molar-refractivity contribution in [2.75, 3.05) is 18.5 Å². The monoisotopic (exact) mass is 260 g/mol. The molecule has 3 nitrogen and oxygen atoms in total. The second-order valence-electron chi connectivity index (χ2n) is 4.86. The van der Waals surface area contributed by atoms with E-state index < -0.39 is 0 Å². The van der Waals surface area contributed by atoms with Gasteiger partial charge in [0.15, 0.2) is 0 Å². The molecule has 0 unspecified atom stereocenters. The lowest BCUT2D eigenvalue weighted by atomic mass is 10.00. The fourth-order valence-corrected chi connectivity index (χ4v) is 2.72. The number of nitrogens with zero attached hydrogens (tertiary/aromatic N) is 1. The molecule has 2 heterocycles. The molecule has 0 atom stereocenters. The zero-order chi connectivity index (χ0) is 13.4. The zero-order valence-electron chi connectivity index (χ0n) is 11.2. The van der Waals surface area contributed by atoms with E-state index in [9.17, 15) is 4.39 Å². The van der Waals surface area contributed by atoms with Crippen LogP contribution in [0.1, 0.15) is 23.7 Å². The summed E-state index contributed by atoms with van der Waals surface area (Å²) in [5.74, 6) is -0.230. The molecule has 0 bridgehead atoms. The summed E-state index contributed by atoms with van der Waals surface area (Å²) in [6.45, 7) is 6.07. The van der Waals surface area contributed by atoms with E-state index >= 15 is 0 Å². The molecule has 0 spiro atoms. The molecular formula is C15H17FN2O. The molecule has 100 valence electrons. The van der Waals surface area contributed by atoms with Gasteiger partial charge in [0.25, 0.3) is 0 Å². The topological polar surface area (TPSA) is 34.2 Å². The molecule has 0 saturated heterocycles. The summed E-state index contributed by atoms with van der Waals surface area (Å²) in [5.41, 5.74) is 4.84.